The molecule has 0 aliphatic heterocycles. The van der Waals surface area contributed by atoms with Gasteiger partial charge in [-0.1, -0.05) is 28.9 Å². The number of halogens is 2. The normalized spacial score (nSPS) is 12.0. The van der Waals surface area contributed by atoms with Gasteiger partial charge in [-0.05, 0) is 48.9 Å². The molecule has 4 aromatic rings. The number of amides is 1. The lowest BCUT2D eigenvalue weighted by molar-refractivity contribution is 0.0940. The van der Waals surface area contributed by atoms with Crippen LogP contribution in [0.4, 0.5) is 4.39 Å². The smallest absolute Gasteiger partial charge is 0.258 e. The van der Waals surface area contributed by atoms with E-state index >= 15 is 0 Å². The van der Waals surface area contributed by atoms with Crippen molar-refractivity contribution >= 4 is 17.5 Å². The average molecular weight is 425 g/mol. The van der Waals surface area contributed by atoms with Gasteiger partial charge in [0.15, 0.2) is 0 Å². The summed E-state index contributed by atoms with van der Waals surface area (Å²) in [5.74, 6) is 0.267. The van der Waals surface area contributed by atoms with E-state index in [1.165, 1.54) is 12.1 Å². The number of carbonyl (C=O) groups excluding carboxylic acids is 1. The van der Waals surface area contributed by atoms with Crippen LogP contribution in [0.25, 0.3) is 11.3 Å². The van der Waals surface area contributed by atoms with Crippen molar-refractivity contribution in [3.8, 4) is 11.3 Å². The highest BCUT2D eigenvalue weighted by Gasteiger charge is 2.27. The van der Waals surface area contributed by atoms with Crippen LogP contribution in [-0.2, 0) is 7.05 Å². The van der Waals surface area contributed by atoms with Crippen LogP contribution < -0.4 is 5.32 Å². The highest BCUT2D eigenvalue weighted by atomic mass is 35.5. The molecule has 2 heterocycles. The van der Waals surface area contributed by atoms with E-state index < -0.39 is 6.04 Å². The largest absolute Gasteiger partial charge is 0.360 e. The molecule has 0 saturated heterocycles. The highest BCUT2D eigenvalue weighted by molar-refractivity contribution is 6.30. The quantitative estimate of drug-likeness (QED) is 0.504. The Morgan fingerprint density at radius 3 is 2.50 bits per heavy atom. The minimum absolute atomic E-state index is 0.287. The van der Waals surface area contributed by atoms with E-state index in [0.29, 0.717) is 27.9 Å². The molecule has 0 unspecified atom stereocenters. The Morgan fingerprint density at radius 1 is 1.17 bits per heavy atom. The van der Waals surface area contributed by atoms with E-state index in [0.717, 1.165) is 5.56 Å². The molecule has 0 aliphatic carbocycles. The van der Waals surface area contributed by atoms with E-state index in [9.17, 15) is 9.18 Å². The van der Waals surface area contributed by atoms with E-state index in [1.54, 1.807) is 43.6 Å². The molecule has 6 nitrogen and oxygen atoms in total. The van der Waals surface area contributed by atoms with E-state index in [1.807, 2.05) is 23.7 Å². The maximum atomic E-state index is 13.3. The lowest BCUT2D eigenvalue weighted by Gasteiger charge is -2.19. The molecule has 2 aromatic heterocycles. The van der Waals surface area contributed by atoms with Crippen LogP contribution in [0, 0.1) is 12.7 Å². The van der Waals surface area contributed by atoms with Gasteiger partial charge in [-0.2, -0.15) is 0 Å². The number of hydrogen-bond donors (Lipinski definition) is 1. The summed E-state index contributed by atoms with van der Waals surface area (Å²) in [6.45, 7) is 1.66. The van der Waals surface area contributed by atoms with Crippen molar-refractivity contribution in [2.75, 3.05) is 0 Å². The average Bonchev–Trinajstić information content (AvgIpc) is 3.33. The first-order chi connectivity index (χ1) is 14.4. The minimum Gasteiger partial charge on any atom is -0.360 e. The summed E-state index contributed by atoms with van der Waals surface area (Å²) >= 11 is 6.02. The number of carbonyl (C=O) groups is 1. The van der Waals surface area contributed by atoms with Crippen molar-refractivity contribution in [1.29, 1.82) is 0 Å². The van der Waals surface area contributed by atoms with Crippen LogP contribution in [0.5, 0.6) is 0 Å². The molecule has 0 fully saturated rings. The van der Waals surface area contributed by atoms with Crippen LogP contribution >= 0.6 is 11.6 Å². The van der Waals surface area contributed by atoms with Crippen LogP contribution in [-0.4, -0.2) is 20.6 Å². The Balaban J connectivity index is 1.72. The van der Waals surface area contributed by atoms with Gasteiger partial charge >= 0.3 is 0 Å². The SMILES string of the molecule is Cc1onc(-c2ccc(F)cc2)c1C(=O)N[C@H](c1ccc(Cl)cc1)c1nccn1C. The van der Waals surface area contributed by atoms with Gasteiger partial charge in [0.1, 0.15) is 34.7 Å². The van der Waals surface area contributed by atoms with Crippen LogP contribution in [0.1, 0.15) is 33.5 Å². The summed E-state index contributed by atoms with van der Waals surface area (Å²) in [4.78, 5) is 17.7. The number of rotatable bonds is 5. The predicted molar refractivity (Wildman–Crippen MR) is 111 cm³/mol. The molecule has 2 aromatic carbocycles. The van der Waals surface area contributed by atoms with Crippen molar-refractivity contribution in [2.24, 2.45) is 7.05 Å². The number of nitrogens with zero attached hydrogens (tertiary/aromatic N) is 3. The molecule has 152 valence electrons. The number of hydrogen-bond acceptors (Lipinski definition) is 4. The first-order valence-electron chi connectivity index (χ1n) is 9.20. The number of imidazole rings is 1. The third kappa shape index (κ3) is 3.84. The molecule has 0 saturated carbocycles. The van der Waals surface area contributed by atoms with Crippen LogP contribution in [0.15, 0.2) is 65.4 Å². The van der Waals surface area contributed by atoms with Gasteiger partial charge in [0.25, 0.3) is 5.91 Å². The molecule has 30 heavy (non-hydrogen) atoms. The van der Waals surface area contributed by atoms with Gasteiger partial charge in [-0.3, -0.25) is 4.79 Å². The Hall–Kier alpha value is -3.45. The third-order valence-corrected chi connectivity index (χ3v) is 5.05. The fourth-order valence-electron chi connectivity index (χ4n) is 3.26. The Bertz CT molecular complexity index is 1180. The van der Waals surface area contributed by atoms with E-state index in [4.69, 9.17) is 16.1 Å². The molecule has 0 spiro atoms. The van der Waals surface area contributed by atoms with Gasteiger partial charge in [-0.25, -0.2) is 9.37 Å². The summed E-state index contributed by atoms with van der Waals surface area (Å²) in [6, 6.07) is 12.4. The van der Waals surface area contributed by atoms with E-state index in [2.05, 4.69) is 15.5 Å². The summed E-state index contributed by atoms with van der Waals surface area (Å²) in [7, 11) is 1.85. The Labute approximate surface area is 177 Å². The number of benzene rings is 2. The molecule has 0 aliphatic rings. The molecule has 8 heteroatoms. The molecular weight excluding hydrogens is 407 g/mol. The summed E-state index contributed by atoms with van der Waals surface area (Å²) in [5.41, 5.74) is 2.03. The lowest BCUT2D eigenvalue weighted by Crippen LogP contribution is -2.31. The Morgan fingerprint density at radius 2 is 1.87 bits per heavy atom. The molecule has 1 N–H and O–H groups in total. The number of aryl methyl sites for hydroxylation is 2. The second-order valence-corrected chi connectivity index (χ2v) is 7.26. The number of nitrogens with one attached hydrogen (secondary N) is 1. The molecule has 0 radical (unpaired) electrons. The topological polar surface area (TPSA) is 73.0 Å². The Kier molecular flexibility index (Phi) is 5.37. The first kappa shape index (κ1) is 19.8. The van der Waals surface area contributed by atoms with Crippen LogP contribution in [0.2, 0.25) is 5.02 Å². The van der Waals surface area contributed by atoms with Gasteiger partial charge in [-0.15, -0.1) is 0 Å². The van der Waals surface area contributed by atoms with Crippen molar-refractivity contribution in [3.63, 3.8) is 0 Å². The molecular formula is C22H18ClFN4O2. The second-order valence-electron chi connectivity index (χ2n) is 6.82. The molecule has 1 amide bonds. The van der Waals surface area contributed by atoms with Crippen molar-refractivity contribution in [1.82, 2.24) is 20.0 Å². The second kappa shape index (κ2) is 8.12. The zero-order chi connectivity index (χ0) is 21.3. The first-order valence-corrected chi connectivity index (χ1v) is 9.57. The van der Waals surface area contributed by atoms with Crippen molar-refractivity contribution < 1.29 is 13.7 Å². The maximum Gasteiger partial charge on any atom is 0.258 e. The lowest BCUT2D eigenvalue weighted by atomic mass is 10.0. The zero-order valence-corrected chi connectivity index (χ0v) is 17.0. The highest BCUT2D eigenvalue weighted by Crippen LogP contribution is 2.28. The summed E-state index contributed by atoms with van der Waals surface area (Å²) < 4.78 is 20.4. The van der Waals surface area contributed by atoms with Gasteiger partial charge < -0.3 is 14.4 Å². The van der Waals surface area contributed by atoms with Crippen molar-refractivity contribution in [3.05, 3.63) is 94.5 Å². The minimum atomic E-state index is -0.523. The fourth-order valence-corrected chi connectivity index (χ4v) is 3.38. The van der Waals surface area contributed by atoms with E-state index in [-0.39, 0.29) is 17.3 Å². The summed E-state index contributed by atoms with van der Waals surface area (Å²) in [6.07, 6.45) is 3.47. The maximum absolute atomic E-state index is 13.3. The third-order valence-electron chi connectivity index (χ3n) is 4.80. The summed E-state index contributed by atoms with van der Waals surface area (Å²) in [5, 5.41) is 7.63. The zero-order valence-electron chi connectivity index (χ0n) is 16.3. The van der Waals surface area contributed by atoms with Crippen molar-refractivity contribution in [2.45, 2.75) is 13.0 Å². The molecule has 1 atom stereocenters. The number of aromatic nitrogens is 3. The van der Waals surface area contributed by atoms with Gasteiger partial charge in [0, 0.05) is 30.0 Å². The monoisotopic (exact) mass is 424 g/mol. The van der Waals surface area contributed by atoms with Gasteiger partial charge in [0.05, 0.1) is 0 Å². The van der Waals surface area contributed by atoms with Gasteiger partial charge in [0.2, 0.25) is 0 Å². The molecule has 4 rings (SSSR count). The molecule has 0 bridgehead atoms. The standard InChI is InChI=1S/C22H18ClFN4O2/c1-13-18(19(27-30-13)14-5-9-17(24)10-6-14)22(29)26-20(21-25-11-12-28(21)2)15-3-7-16(23)8-4-15/h3-12,20H,1-2H3,(H,26,29)/t20-/m1/s1. The van der Waals surface area contributed by atoms with Crippen LogP contribution in [0.3, 0.4) is 0 Å². The fraction of sp³-hybridized carbons (Fsp3) is 0.136. The predicted octanol–water partition coefficient (Wildman–Crippen LogP) is 4.70.